The highest BCUT2D eigenvalue weighted by Crippen LogP contribution is 2.13. The number of carbonyl (C=O) groups is 2. The molecule has 2 atom stereocenters. The molecule has 1 fully saturated rings. The van der Waals surface area contributed by atoms with E-state index in [-0.39, 0.29) is 11.8 Å². The Morgan fingerprint density at radius 1 is 1.50 bits per heavy atom. The van der Waals surface area contributed by atoms with Gasteiger partial charge in [0.25, 0.3) is 0 Å². The molecular formula is C11H21N3O2. The fourth-order valence-electron chi connectivity index (χ4n) is 1.89. The minimum Gasteiger partial charge on any atom is -0.357 e. The summed E-state index contributed by atoms with van der Waals surface area (Å²) in [6, 6.07) is -0.445. The number of amides is 2. The lowest BCUT2D eigenvalue weighted by molar-refractivity contribution is -0.128. The van der Waals surface area contributed by atoms with Gasteiger partial charge in [-0.2, -0.15) is 0 Å². The highest BCUT2D eigenvalue weighted by Gasteiger charge is 2.17. The van der Waals surface area contributed by atoms with Crippen LogP contribution in [0.3, 0.4) is 0 Å². The van der Waals surface area contributed by atoms with Crippen LogP contribution >= 0.6 is 0 Å². The zero-order chi connectivity index (χ0) is 12.0. The smallest absolute Gasteiger partial charge is 0.242 e. The van der Waals surface area contributed by atoms with Gasteiger partial charge in [0.1, 0.15) is 6.04 Å². The number of hydrogen-bond acceptors (Lipinski definition) is 3. The van der Waals surface area contributed by atoms with Crippen molar-refractivity contribution in [3.63, 3.8) is 0 Å². The third-order valence-corrected chi connectivity index (χ3v) is 2.96. The van der Waals surface area contributed by atoms with E-state index in [0.29, 0.717) is 12.3 Å². The zero-order valence-corrected chi connectivity index (χ0v) is 10.0. The van der Waals surface area contributed by atoms with Gasteiger partial charge in [-0.3, -0.25) is 9.59 Å². The van der Waals surface area contributed by atoms with E-state index in [9.17, 15) is 9.59 Å². The molecule has 16 heavy (non-hydrogen) atoms. The van der Waals surface area contributed by atoms with Crippen molar-refractivity contribution in [2.75, 3.05) is 20.1 Å². The molecule has 3 N–H and O–H groups in total. The summed E-state index contributed by atoms with van der Waals surface area (Å²) in [5, 5.41) is 8.46. The lowest BCUT2D eigenvalue weighted by Crippen LogP contribution is -2.43. The first-order valence-electron chi connectivity index (χ1n) is 5.85. The van der Waals surface area contributed by atoms with E-state index in [2.05, 4.69) is 16.0 Å². The van der Waals surface area contributed by atoms with Gasteiger partial charge in [0.15, 0.2) is 0 Å². The summed E-state index contributed by atoms with van der Waals surface area (Å²) < 4.78 is 0. The summed E-state index contributed by atoms with van der Waals surface area (Å²) in [6.45, 7) is 3.76. The maximum Gasteiger partial charge on any atom is 0.242 e. The van der Waals surface area contributed by atoms with Crippen molar-refractivity contribution in [2.24, 2.45) is 5.92 Å². The summed E-state index contributed by atoms with van der Waals surface area (Å²) in [4.78, 5) is 22.7. The van der Waals surface area contributed by atoms with Gasteiger partial charge in [0, 0.05) is 13.5 Å². The number of carbonyl (C=O) groups excluding carboxylic acids is 2. The van der Waals surface area contributed by atoms with Gasteiger partial charge in [-0.15, -0.1) is 0 Å². The topological polar surface area (TPSA) is 70.2 Å². The Hall–Kier alpha value is -1.10. The van der Waals surface area contributed by atoms with Crippen LogP contribution in [0.25, 0.3) is 0 Å². The number of likely N-dealkylation sites (N-methyl/N-ethyl adjacent to an activating group) is 1. The Morgan fingerprint density at radius 3 is 2.81 bits per heavy atom. The molecule has 0 aromatic heterocycles. The van der Waals surface area contributed by atoms with Crippen LogP contribution in [0.1, 0.15) is 26.2 Å². The second-order valence-corrected chi connectivity index (χ2v) is 4.30. The molecule has 0 aromatic rings. The van der Waals surface area contributed by atoms with Gasteiger partial charge in [0.05, 0.1) is 0 Å². The van der Waals surface area contributed by atoms with E-state index < -0.39 is 6.04 Å². The van der Waals surface area contributed by atoms with Gasteiger partial charge in [-0.1, -0.05) is 0 Å². The van der Waals surface area contributed by atoms with Crippen molar-refractivity contribution in [1.82, 2.24) is 16.0 Å². The molecule has 1 rings (SSSR count). The number of hydrogen-bond donors (Lipinski definition) is 3. The van der Waals surface area contributed by atoms with Gasteiger partial charge in [-0.25, -0.2) is 0 Å². The van der Waals surface area contributed by atoms with Crippen molar-refractivity contribution in [2.45, 2.75) is 32.2 Å². The highest BCUT2D eigenvalue weighted by molar-refractivity contribution is 5.86. The zero-order valence-electron chi connectivity index (χ0n) is 10.0. The molecule has 92 valence electrons. The second-order valence-electron chi connectivity index (χ2n) is 4.30. The molecule has 1 aliphatic rings. The predicted octanol–water partition coefficient (Wildman–Crippen LogP) is -0.373. The molecule has 5 heteroatoms. The molecule has 2 amide bonds. The van der Waals surface area contributed by atoms with Crippen molar-refractivity contribution in [3.8, 4) is 0 Å². The lowest BCUT2D eigenvalue weighted by Gasteiger charge is -2.13. The molecule has 0 bridgehead atoms. The fourth-order valence-corrected chi connectivity index (χ4v) is 1.89. The minimum absolute atomic E-state index is 0.0389. The summed E-state index contributed by atoms with van der Waals surface area (Å²) in [5.41, 5.74) is 0. The van der Waals surface area contributed by atoms with Crippen molar-refractivity contribution in [3.05, 3.63) is 0 Å². The third kappa shape index (κ3) is 4.18. The SMILES string of the molecule is CNC(=O)C(C)NC(=O)CCC1CCNC1. The monoisotopic (exact) mass is 227 g/mol. The van der Waals surface area contributed by atoms with Crippen LogP contribution < -0.4 is 16.0 Å². The van der Waals surface area contributed by atoms with E-state index in [0.717, 1.165) is 25.9 Å². The van der Waals surface area contributed by atoms with E-state index in [4.69, 9.17) is 0 Å². The van der Waals surface area contributed by atoms with E-state index in [1.165, 1.54) is 0 Å². The van der Waals surface area contributed by atoms with Gasteiger partial charge in [-0.05, 0) is 38.8 Å². The summed E-state index contributed by atoms with van der Waals surface area (Å²) >= 11 is 0. The summed E-state index contributed by atoms with van der Waals surface area (Å²) in [6.07, 6.45) is 2.56. The Labute approximate surface area is 96.4 Å². The number of nitrogens with one attached hydrogen (secondary N) is 3. The second kappa shape index (κ2) is 6.48. The number of rotatable bonds is 5. The van der Waals surface area contributed by atoms with Gasteiger partial charge in [0.2, 0.25) is 11.8 Å². The summed E-state index contributed by atoms with van der Waals surface area (Å²) in [7, 11) is 1.56. The standard InChI is InChI=1S/C11H21N3O2/c1-8(11(16)12-2)14-10(15)4-3-9-5-6-13-7-9/h8-9,13H,3-7H2,1-2H3,(H,12,16)(H,14,15). The van der Waals surface area contributed by atoms with Crippen molar-refractivity contribution < 1.29 is 9.59 Å². The maximum atomic E-state index is 11.5. The predicted molar refractivity (Wildman–Crippen MR) is 61.9 cm³/mol. The van der Waals surface area contributed by atoms with Gasteiger partial charge < -0.3 is 16.0 Å². The van der Waals surface area contributed by atoms with Crippen molar-refractivity contribution in [1.29, 1.82) is 0 Å². The molecule has 0 aliphatic carbocycles. The van der Waals surface area contributed by atoms with Crippen LogP contribution in [-0.2, 0) is 9.59 Å². The molecule has 0 spiro atoms. The Balaban J connectivity index is 2.17. The fraction of sp³-hybridized carbons (Fsp3) is 0.818. The quantitative estimate of drug-likeness (QED) is 0.600. The molecule has 2 unspecified atom stereocenters. The molecule has 1 aliphatic heterocycles. The first kappa shape index (κ1) is 13.0. The van der Waals surface area contributed by atoms with E-state index in [1.807, 2.05) is 0 Å². The van der Waals surface area contributed by atoms with Crippen LogP contribution in [0, 0.1) is 5.92 Å². The maximum absolute atomic E-state index is 11.5. The first-order chi connectivity index (χ1) is 7.63. The molecule has 0 saturated carbocycles. The van der Waals surface area contributed by atoms with E-state index in [1.54, 1.807) is 14.0 Å². The molecule has 1 heterocycles. The van der Waals surface area contributed by atoms with Gasteiger partial charge >= 0.3 is 0 Å². The van der Waals surface area contributed by atoms with Crippen LogP contribution in [0.4, 0.5) is 0 Å². The molecular weight excluding hydrogens is 206 g/mol. The first-order valence-corrected chi connectivity index (χ1v) is 5.85. The Kier molecular flexibility index (Phi) is 5.25. The van der Waals surface area contributed by atoms with Crippen molar-refractivity contribution >= 4 is 11.8 Å². The average molecular weight is 227 g/mol. The largest absolute Gasteiger partial charge is 0.357 e. The van der Waals surface area contributed by atoms with E-state index >= 15 is 0 Å². The molecule has 0 radical (unpaired) electrons. The molecule has 1 saturated heterocycles. The lowest BCUT2D eigenvalue weighted by atomic mass is 10.0. The van der Waals surface area contributed by atoms with Crippen LogP contribution in [0.2, 0.25) is 0 Å². The van der Waals surface area contributed by atoms with Crippen LogP contribution in [-0.4, -0.2) is 38.0 Å². The highest BCUT2D eigenvalue weighted by atomic mass is 16.2. The molecule has 5 nitrogen and oxygen atoms in total. The normalized spacial score (nSPS) is 21.5. The summed E-state index contributed by atoms with van der Waals surface area (Å²) in [5.74, 6) is 0.417. The van der Waals surface area contributed by atoms with Crippen LogP contribution in [0.15, 0.2) is 0 Å². The molecule has 0 aromatic carbocycles. The minimum atomic E-state index is -0.445. The van der Waals surface area contributed by atoms with Crippen LogP contribution in [0.5, 0.6) is 0 Å². The average Bonchev–Trinajstić information content (AvgIpc) is 2.78. The third-order valence-electron chi connectivity index (χ3n) is 2.96. The Bertz CT molecular complexity index is 250. The Morgan fingerprint density at radius 2 is 2.25 bits per heavy atom.